The zero-order valence-corrected chi connectivity index (χ0v) is 15.2. The van der Waals surface area contributed by atoms with Crippen molar-refractivity contribution in [2.45, 2.75) is 6.04 Å². The average molecular weight is 374 g/mol. The number of fused-ring (bicyclic) bond motifs is 1. The molecule has 1 amide bonds. The number of aromatic amines is 1. The van der Waals surface area contributed by atoms with Gasteiger partial charge in [-0.05, 0) is 42.4 Å². The third-order valence-corrected chi connectivity index (χ3v) is 4.67. The molecule has 0 aliphatic rings. The minimum atomic E-state index is -0.681. The van der Waals surface area contributed by atoms with Gasteiger partial charge >= 0.3 is 0 Å². The Bertz CT molecular complexity index is 1120. The van der Waals surface area contributed by atoms with E-state index in [0.29, 0.717) is 16.8 Å². The molecule has 0 aliphatic carbocycles. The van der Waals surface area contributed by atoms with Gasteiger partial charge in [0.2, 0.25) is 5.91 Å². The van der Waals surface area contributed by atoms with Crippen molar-refractivity contribution in [3.63, 3.8) is 0 Å². The Kier molecular flexibility index (Phi) is 4.87. The predicted molar refractivity (Wildman–Crippen MR) is 108 cm³/mol. The van der Waals surface area contributed by atoms with Crippen LogP contribution in [-0.4, -0.2) is 23.2 Å². The topological polar surface area (TPSA) is 69.8 Å². The molecule has 4 aromatic rings. The van der Waals surface area contributed by atoms with Gasteiger partial charge in [-0.2, -0.15) is 5.10 Å². The van der Waals surface area contributed by atoms with Gasteiger partial charge in [-0.3, -0.25) is 9.89 Å². The molecule has 0 saturated carbocycles. The summed E-state index contributed by atoms with van der Waals surface area (Å²) in [5.74, 6) is -0.631. The third-order valence-electron chi connectivity index (χ3n) is 4.67. The summed E-state index contributed by atoms with van der Waals surface area (Å²) in [6, 6.07) is 19.0. The van der Waals surface area contributed by atoms with E-state index >= 15 is 0 Å². The number of hydrogen-bond donors (Lipinski definition) is 3. The molecule has 0 fully saturated rings. The number of hydrogen-bond acceptors (Lipinski definition) is 3. The molecule has 3 aromatic carbocycles. The number of carbonyl (C=O) groups excluding carboxylic acids is 1. The van der Waals surface area contributed by atoms with Crippen LogP contribution in [0.2, 0.25) is 0 Å². The fourth-order valence-electron chi connectivity index (χ4n) is 3.25. The number of likely N-dealkylation sites (N-methyl/N-ethyl adjacent to an activating group) is 1. The maximum Gasteiger partial charge on any atom is 0.246 e. The van der Waals surface area contributed by atoms with Gasteiger partial charge in [-0.25, -0.2) is 4.39 Å². The summed E-state index contributed by atoms with van der Waals surface area (Å²) >= 11 is 0. The molecule has 0 radical (unpaired) electrons. The second-order valence-electron chi connectivity index (χ2n) is 6.49. The van der Waals surface area contributed by atoms with Crippen LogP contribution in [0, 0.1) is 5.82 Å². The highest BCUT2D eigenvalue weighted by atomic mass is 19.1. The van der Waals surface area contributed by atoms with E-state index in [1.54, 1.807) is 31.4 Å². The highest BCUT2D eigenvalue weighted by molar-refractivity contribution is 5.97. The minimum Gasteiger partial charge on any atom is -0.324 e. The van der Waals surface area contributed by atoms with Crippen molar-refractivity contribution in [1.29, 1.82) is 0 Å². The Morgan fingerprint density at radius 3 is 2.64 bits per heavy atom. The highest BCUT2D eigenvalue weighted by Gasteiger charge is 2.20. The van der Waals surface area contributed by atoms with Crippen LogP contribution in [0.25, 0.3) is 22.0 Å². The van der Waals surface area contributed by atoms with Crippen LogP contribution < -0.4 is 10.6 Å². The molecule has 0 bridgehead atoms. The van der Waals surface area contributed by atoms with E-state index in [9.17, 15) is 9.18 Å². The number of amides is 1. The zero-order chi connectivity index (χ0) is 19.5. The molecule has 0 spiro atoms. The number of halogens is 1. The summed E-state index contributed by atoms with van der Waals surface area (Å²) in [5.41, 5.74) is 3.40. The predicted octanol–water partition coefficient (Wildman–Crippen LogP) is 4.27. The molecule has 6 heteroatoms. The van der Waals surface area contributed by atoms with E-state index in [2.05, 4.69) is 20.8 Å². The number of carbonyl (C=O) groups is 1. The second-order valence-corrected chi connectivity index (χ2v) is 6.49. The van der Waals surface area contributed by atoms with Crippen molar-refractivity contribution >= 4 is 22.5 Å². The minimum absolute atomic E-state index is 0.266. The Morgan fingerprint density at radius 1 is 1.07 bits per heavy atom. The number of nitrogens with one attached hydrogen (secondary N) is 3. The van der Waals surface area contributed by atoms with Crippen molar-refractivity contribution in [1.82, 2.24) is 15.5 Å². The summed E-state index contributed by atoms with van der Waals surface area (Å²) in [6.45, 7) is 0. The molecule has 1 atom stereocenters. The summed E-state index contributed by atoms with van der Waals surface area (Å²) in [7, 11) is 1.67. The van der Waals surface area contributed by atoms with Gasteiger partial charge in [0.25, 0.3) is 0 Å². The molecular formula is C22H19FN4O. The van der Waals surface area contributed by atoms with Gasteiger partial charge in [0.05, 0.1) is 11.7 Å². The Hall–Kier alpha value is -3.51. The molecule has 1 aromatic heterocycles. The van der Waals surface area contributed by atoms with Gasteiger partial charge < -0.3 is 10.6 Å². The standard InChI is InChI=1S/C22H19FN4O/c1-24-21(22(28)26-17-8-10-20-16(11-17)13-25-27-20)15-7-9-18(19(23)12-15)14-5-3-2-4-6-14/h2-13,21,24H,1H3,(H,25,27)(H,26,28). The number of benzene rings is 3. The van der Waals surface area contributed by atoms with E-state index in [4.69, 9.17) is 0 Å². The first-order valence-corrected chi connectivity index (χ1v) is 8.92. The molecule has 0 saturated heterocycles. The highest BCUT2D eigenvalue weighted by Crippen LogP contribution is 2.26. The molecule has 5 nitrogen and oxygen atoms in total. The summed E-state index contributed by atoms with van der Waals surface area (Å²) in [5, 5.41) is 13.6. The van der Waals surface area contributed by atoms with Crippen LogP contribution in [0.4, 0.5) is 10.1 Å². The van der Waals surface area contributed by atoms with E-state index in [0.717, 1.165) is 16.5 Å². The monoisotopic (exact) mass is 374 g/mol. The summed E-state index contributed by atoms with van der Waals surface area (Å²) in [4.78, 5) is 12.8. The zero-order valence-electron chi connectivity index (χ0n) is 15.2. The normalized spacial score (nSPS) is 12.1. The lowest BCUT2D eigenvalue weighted by molar-refractivity contribution is -0.118. The van der Waals surface area contributed by atoms with E-state index in [-0.39, 0.29) is 11.7 Å². The van der Waals surface area contributed by atoms with Crippen LogP contribution in [0.1, 0.15) is 11.6 Å². The van der Waals surface area contributed by atoms with E-state index < -0.39 is 6.04 Å². The molecule has 1 unspecified atom stereocenters. The number of anilines is 1. The first kappa shape index (κ1) is 17.9. The Morgan fingerprint density at radius 2 is 1.89 bits per heavy atom. The SMILES string of the molecule is CNC(C(=O)Nc1ccc2[nH]ncc2c1)c1ccc(-c2ccccc2)c(F)c1. The fraction of sp³-hybridized carbons (Fsp3) is 0.0909. The average Bonchev–Trinajstić information content (AvgIpc) is 3.17. The molecule has 1 heterocycles. The van der Waals surface area contributed by atoms with Gasteiger partial charge in [0, 0.05) is 16.6 Å². The van der Waals surface area contributed by atoms with E-state index in [1.165, 1.54) is 6.07 Å². The number of aromatic nitrogens is 2. The molecule has 4 rings (SSSR count). The third kappa shape index (κ3) is 3.50. The van der Waals surface area contributed by atoms with Crippen molar-refractivity contribution in [2.24, 2.45) is 0 Å². The Labute approximate surface area is 161 Å². The van der Waals surface area contributed by atoms with Gasteiger partial charge in [-0.15, -0.1) is 0 Å². The lowest BCUT2D eigenvalue weighted by Gasteiger charge is -2.17. The fourth-order valence-corrected chi connectivity index (χ4v) is 3.25. The van der Waals surface area contributed by atoms with Crippen molar-refractivity contribution in [3.8, 4) is 11.1 Å². The van der Waals surface area contributed by atoms with Gasteiger partial charge in [0.15, 0.2) is 0 Å². The van der Waals surface area contributed by atoms with Crippen LogP contribution >= 0.6 is 0 Å². The van der Waals surface area contributed by atoms with Crippen LogP contribution in [0.3, 0.4) is 0 Å². The lowest BCUT2D eigenvalue weighted by atomic mass is 9.99. The molecular weight excluding hydrogens is 355 g/mol. The maximum atomic E-state index is 14.7. The lowest BCUT2D eigenvalue weighted by Crippen LogP contribution is -2.30. The van der Waals surface area contributed by atoms with Crippen LogP contribution in [0.15, 0.2) is 72.9 Å². The van der Waals surface area contributed by atoms with Crippen LogP contribution in [0.5, 0.6) is 0 Å². The summed E-state index contributed by atoms with van der Waals surface area (Å²) < 4.78 is 14.7. The molecule has 0 aliphatic heterocycles. The van der Waals surface area contributed by atoms with Crippen molar-refractivity contribution in [3.05, 3.63) is 84.3 Å². The van der Waals surface area contributed by atoms with E-state index in [1.807, 2.05) is 42.5 Å². The molecule has 140 valence electrons. The Balaban J connectivity index is 1.57. The first-order valence-electron chi connectivity index (χ1n) is 8.92. The smallest absolute Gasteiger partial charge is 0.246 e. The van der Waals surface area contributed by atoms with Gasteiger partial charge in [-0.1, -0.05) is 42.5 Å². The summed E-state index contributed by atoms with van der Waals surface area (Å²) in [6.07, 6.45) is 1.69. The largest absolute Gasteiger partial charge is 0.324 e. The maximum absolute atomic E-state index is 14.7. The number of rotatable bonds is 5. The quantitative estimate of drug-likeness (QED) is 0.489. The number of H-pyrrole nitrogens is 1. The molecule has 3 N–H and O–H groups in total. The van der Waals surface area contributed by atoms with Crippen LogP contribution in [-0.2, 0) is 4.79 Å². The van der Waals surface area contributed by atoms with Crippen molar-refractivity contribution in [2.75, 3.05) is 12.4 Å². The van der Waals surface area contributed by atoms with Crippen molar-refractivity contribution < 1.29 is 9.18 Å². The first-order chi connectivity index (χ1) is 13.7. The number of nitrogens with zero attached hydrogens (tertiary/aromatic N) is 1. The van der Waals surface area contributed by atoms with Gasteiger partial charge in [0.1, 0.15) is 11.9 Å². The second kappa shape index (κ2) is 7.62. The molecule has 28 heavy (non-hydrogen) atoms.